The Balaban J connectivity index is 2.21. The number of aryl methyl sites for hydroxylation is 1. The number of nitrogens with zero attached hydrogens (tertiary/aromatic N) is 3. The lowest BCUT2D eigenvalue weighted by Gasteiger charge is -2.04. The zero-order valence-corrected chi connectivity index (χ0v) is 13.5. The zero-order valence-electron chi connectivity index (χ0n) is 13.5. The Hall–Kier alpha value is -2.88. The molecule has 2 aromatic heterocycles. The SMILES string of the molecule is Cc1cccc(-c2nn3ccccc3c2C(=O)/C=C/N(C)C)c1. The van der Waals surface area contributed by atoms with Crippen molar-refractivity contribution in [2.75, 3.05) is 14.1 Å². The molecule has 0 fully saturated rings. The number of aromatic nitrogens is 2. The van der Waals surface area contributed by atoms with Gasteiger partial charge in [-0.25, -0.2) is 4.52 Å². The van der Waals surface area contributed by atoms with Crippen LogP contribution in [-0.4, -0.2) is 34.4 Å². The van der Waals surface area contributed by atoms with Gasteiger partial charge in [0.2, 0.25) is 0 Å². The van der Waals surface area contributed by atoms with Crippen molar-refractivity contribution in [1.29, 1.82) is 0 Å². The van der Waals surface area contributed by atoms with Crippen LogP contribution in [0, 0.1) is 6.92 Å². The smallest absolute Gasteiger partial charge is 0.191 e. The van der Waals surface area contributed by atoms with Crippen molar-refractivity contribution in [2.45, 2.75) is 6.92 Å². The summed E-state index contributed by atoms with van der Waals surface area (Å²) in [6.45, 7) is 2.03. The number of hydrogen-bond acceptors (Lipinski definition) is 3. The molecule has 0 aliphatic rings. The molecule has 0 saturated carbocycles. The summed E-state index contributed by atoms with van der Waals surface area (Å²) < 4.78 is 1.76. The Morgan fingerprint density at radius 2 is 2.00 bits per heavy atom. The van der Waals surface area contributed by atoms with Gasteiger partial charge < -0.3 is 4.90 Å². The van der Waals surface area contributed by atoms with Gasteiger partial charge in [0.1, 0.15) is 5.69 Å². The van der Waals surface area contributed by atoms with Crippen LogP contribution in [0.3, 0.4) is 0 Å². The first kappa shape index (κ1) is 15.0. The first-order valence-electron chi connectivity index (χ1n) is 7.49. The fraction of sp³-hybridized carbons (Fsp3) is 0.158. The van der Waals surface area contributed by atoms with Crippen LogP contribution < -0.4 is 0 Å². The van der Waals surface area contributed by atoms with E-state index in [2.05, 4.69) is 5.10 Å². The van der Waals surface area contributed by atoms with Gasteiger partial charge >= 0.3 is 0 Å². The fourth-order valence-electron chi connectivity index (χ4n) is 2.54. The van der Waals surface area contributed by atoms with E-state index >= 15 is 0 Å². The van der Waals surface area contributed by atoms with Gasteiger partial charge in [0.15, 0.2) is 5.78 Å². The maximum Gasteiger partial charge on any atom is 0.191 e. The maximum absolute atomic E-state index is 12.7. The second kappa shape index (κ2) is 6.08. The molecule has 116 valence electrons. The number of carbonyl (C=O) groups is 1. The normalized spacial score (nSPS) is 11.3. The lowest BCUT2D eigenvalue weighted by atomic mass is 10.0. The number of benzene rings is 1. The molecule has 0 N–H and O–H groups in total. The van der Waals surface area contributed by atoms with Gasteiger partial charge in [0, 0.05) is 38.1 Å². The molecule has 0 atom stereocenters. The van der Waals surface area contributed by atoms with Crippen molar-refractivity contribution in [3.63, 3.8) is 0 Å². The molecule has 1 aromatic carbocycles. The first-order chi connectivity index (χ1) is 11.1. The quantitative estimate of drug-likeness (QED) is 0.546. The lowest BCUT2D eigenvalue weighted by Crippen LogP contribution is -2.03. The number of rotatable bonds is 4. The van der Waals surface area contributed by atoms with E-state index < -0.39 is 0 Å². The number of allylic oxidation sites excluding steroid dienone is 1. The summed E-state index contributed by atoms with van der Waals surface area (Å²) in [7, 11) is 3.78. The summed E-state index contributed by atoms with van der Waals surface area (Å²) in [5, 5.41) is 4.62. The molecule has 0 aliphatic carbocycles. The molecule has 0 bridgehead atoms. The number of hydrogen-bond donors (Lipinski definition) is 0. The highest BCUT2D eigenvalue weighted by Gasteiger charge is 2.19. The van der Waals surface area contributed by atoms with Crippen LogP contribution in [0.15, 0.2) is 60.9 Å². The van der Waals surface area contributed by atoms with Crippen LogP contribution in [0.4, 0.5) is 0 Å². The van der Waals surface area contributed by atoms with Gasteiger partial charge in [-0.2, -0.15) is 5.10 Å². The van der Waals surface area contributed by atoms with Gasteiger partial charge in [0.05, 0.1) is 11.1 Å². The fourth-order valence-corrected chi connectivity index (χ4v) is 2.54. The van der Waals surface area contributed by atoms with Crippen molar-refractivity contribution >= 4 is 11.3 Å². The molecule has 4 heteroatoms. The van der Waals surface area contributed by atoms with Crippen LogP contribution in [0.5, 0.6) is 0 Å². The topological polar surface area (TPSA) is 37.6 Å². The van der Waals surface area contributed by atoms with Gasteiger partial charge in [-0.05, 0) is 25.1 Å². The van der Waals surface area contributed by atoms with Crippen LogP contribution >= 0.6 is 0 Å². The third kappa shape index (κ3) is 3.01. The number of fused-ring (bicyclic) bond motifs is 1. The summed E-state index contributed by atoms with van der Waals surface area (Å²) in [5.74, 6) is -0.0450. The second-order valence-electron chi connectivity index (χ2n) is 5.77. The average Bonchev–Trinajstić information content (AvgIpc) is 2.92. The minimum absolute atomic E-state index is 0.0450. The van der Waals surface area contributed by atoms with Gasteiger partial charge in [-0.15, -0.1) is 0 Å². The lowest BCUT2D eigenvalue weighted by molar-refractivity contribution is 0.104. The minimum Gasteiger partial charge on any atom is -0.383 e. The van der Waals surface area contributed by atoms with Crippen LogP contribution in [0.25, 0.3) is 16.8 Å². The standard InChI is InChI=1S/C19H19N3O/c1-14-7-6-8-15(13-14)19-18(17(23)10-12-21(2)3)16-9-4-5-11-22(16)20-19/h4-13H,1-3H3/b12-10+. The van der Waals surface area contributed by atoms with E-state index in [4.69, 9.17) is 0 Å². The van der Waals surface area contributed by atoms with E-state index in [0.717, 1.165) is 16.6 Å². The summed E-state index contributed by atoms with van der Waals surface area (Å²) in [5.41, 5.74) is 4.26. The number of carbonyl (C=O) groups excluding carboxylic acids is 1. The Morgan fingerprint density at radius 1 is 1.17 bits per heavy atom. The Morgan fingerprint density at radius 3 is 2.74 bits per heavy atom. The third-order valence-corrected chi connectivity index (χ3v) is 3.60. The molecular weight excluding hydrogens is 286 g/mol. The Labute approximate surface area is 135 Å². The van der Waals surface area contributed by atoms with Crippen molar-refractivity contribution in [1.82, 2.24) is 14.5 Å². The van der Waals surface area contributed by atoms with E-state index in [9.17, 15) is 4.79 Å². The van der Waals surface area contributed by atoms with Gasteiger partial charge in [-0.1, -0.05) is 29.8 Å². The summed E-state index contributed by atoms with van der Waals surface area (Å²) in [4.78, 5) is 14.6. The van der Waals surface area contributed by atoms with Crippen molar-refractivity contribution in [2.24, 2.45) is 0 Å². The van der Waals surface area contributed by atoms with Crippen molar-refractivity contribution < 1.29 is 4.79 Å². The van der Waals surface area contributed by atoms with Gasteiger partial charge in [-0.3, -0.25) is 4.79 Å². The molecular formula is C19H19N3O. The number of pyridine rings is 1. The molecule has 0 unspecified atom stereocenters. The highest BCUT2D eigenvalue weighted by molar-refractivity contribution is 6.13. The van der Waals surface area contributed by atoms with Crippen molar-refractivity contribution in [3.8, 4) is 11.3 Å². The summed E-state index contributed by atoms with van der Waals surface area (Å²) in [6, 6.07) is 13.8. The highest BCUT2D eigenvalue weighted by atomic mass is 16.1. The predicted octanol–water partition coefficient (Wildman–Crippen LogP) is 3.57. The van der Waals surface area contributed by atoms with E-state index in [1.807, 2.05) is 74.6 Å². The monoisotopic (exact) mass is 305 g/mol. The maximum atomic E-state index is 12.7. The molecule has 23 heavy (non-hydrogen) atoms. The molecule has 4 nitrogen and oxygen atoms in total. The Kier molecular flexibility index (Phi) is 3.98. The van der Waals surface area contributed by atoms with Crippen LogP contribution in [0.1, 0.15) is 15.9 Å². The number of ketones is 1. The predicted molar refractivity (Wildman–Crippen MR) is 92.5 cm³/mol. The molecule has 0 aliphatic heterocycles. The summed E-state index contributed by atoms with van der Waals surface area (Å²) >= 11 is 0. The third-order valence-electron chi connectivity index (χ3n) is 3.60. The molecule has 0 amide bonds. The van der Waals surface area contributed by atoms with Gasteiger partial charge in [0.25, 0.3) is 0 Å². The first-order valence-corrected chi connectivity index (χ1v) is 7.49. The second-order valence-corrected chi connectivity index (χ2v) is 5.77. The minimum atomic E-state index is -0.0450. The molecule has 3 rings (SSSR count). The highest BCUT2D eigenvalue weighted by Crippen LogP contribution is 2.27. The van der Waals surface area contributed by atoms with E-state index in [0.29, 0.717) is 11.3 Å². The van der Waals surface area contributed by atoms with Crippen LogP contribution in [0.2, 0.25) is 0 Å². The molecule has 2 heterocycles. The van der Waals surface area contributed by atoms with Crippen molar-refractivity contribution in [3.05, 3.63) is 72.1 Å². The summed E-state index contributed by atoms with van der Waals surface area (Å²) in [6.07, 6.45) is 5.21. The molecule has 0 radical (unpaired) electrons. The largest absolute Gasteiger partial charge is 0.383 e. The Bertz CT molecular complexity index is 891. The molecule has 3 aromatic rings. The van der Waals surface area contributed by atoms with E-state index in [1.165, 1.54) is 0 Å². The zero-order chi connectivity index (χ0) is 16.4. The van der Waals surface area contributed by atoms with E-state index in [-0.39, 0.29) is 5.78 Å². The molecule has 0 spiro atoms. The molecule has 0 saturated heterocycles. The van der Waals surface area contributed by atoms with E-state index in [1.54, 1.807) is 16.8 Å². The average molecular weight is 305 g/mol. The van der Waals surface area contributed by atoms with Crippen LogP contribution in [-0.2, 0) is 0 Å².